The zero-order chi connectivity index (χ0) is 16.4. The highest BCUT2D eigenvalue weighted by atomic mass is 16.5. The Morgan fingerprint density at radius 1 is 1.33 bits per heavy atom. The summed E-state index contributed by atoms with van der Waals surface area (Å²) in [6.45, 7) is 2.76. The number of nitrogens with one attached hydrogen (secondary N) is 1. The van der Waals surface area contributed by atoms with Gasteiger partial charge in [0.15, 0.2) is 0 Å². The van der Waals surface area contributed by atoms with Gasteiger partial charge < -0.3 is 10.1 Å². The van der Waals surface area contributed by atoms with Gasteiger partial charge in [0.1, 0.15) is 5.69 Å². The minimum atomic E-state index is 0.0844. The quantitative estimate of drug-likeness (QED) is 0.746. The fourth-order valence-electron chi connectivity index (χ4n) is 2.86. The summed E-state index contributed by atoms with van der Waals surface area (Å²) in [5.41, 5.74) is 4.07. The second-order valence-corrected chi connectivity index (χ2v) is 5.89. The molecule has 1 N–H and O–H groups in total. The van der Waals surface area contributed by atoms with E-state index in [1.54, 1.807) is 17.1 Å². The average molecular weight is 325 g/mol. The zero-order valence-corrected chi connectivity index (χ0v) is 13.5. The molecule has 24 heavy (non-hydrogen) atoms. The number of ether oxygens (including phenoxy) is 1. The molecule has 0 amide bonds. The maximum atomic E-state index is 5.97. The Bertz CT molecular complexity index is 811. The number of hydrogen-bond donors (Lipinski definition) is 1. The van der Waals surface area contributed by atoms with Crippen molar-refractivity contribution in [3.63, 3.8) is 0 Å². The van der Waals surface area contributed by atoms with Gasteiger partial charge in [0.2, 0.25) is 0 Å². The van der Waals surface area contributed by atoms with Crippen LogP contribution in [0.1, 0.15) is 11.3 Å². The number of rotatable bonds is 5. The van der Waals surface area contributed by atoms with Crippen LogP contribution in [0.4, 0.5) is 0 Å². The maximum absolute atomic E-state index is 5.97. The van der Waals surface area contributed by atoms with E-state index < -0.39 is 0 Å². The summed E-state index contributed by atoms with van der Waals surface area (Å²) in [7, 11) is 1.92. The highest BCUT2D eigenvalue weighted by Crippen LogP contribution is 2.24. The summed E-state index contributed by atoms with van der Waals surface area (Å²) in [5.74, 6) is 0. The van der Waals surface area contributed by atoms with E-state index in [2.05, 4.69) is 25.7 Å². The number of hydrogen-bond acceptors (Lipinski definition) is 6. The molecular formula is C16H19N7O. The van der Waals surface area contributed by atoms with Crippen LogP contribution in [0.3, 0.4) is 0 Å². The van der Waals surface area contributed by atoms with Crippen LogP contribution in [0, 0.1) is 0 Å². The molecule has 1 unspecified atom stereocenters. The first-order chi connectivity index (χ1) is 11.8. The van der Waals surface area contributed by atoms with Gasteiger partial charge in [-0.15, -0.1) is 5.10 Å². The molecule has 4 rings (SSSR count). The topological polar surface area (TPSA) is 82.7 Å². The molecule has 3 aromatic rings. The number of aryl methyl sites for hydroxylation is 1. The van der Waals surface area contributed by atoms with Crippen molar-refractivity contribution in [2.45, 2.75) is 25.8 Å². The minimum absolute atomic E-state index is 0.0844. The number of pyridine rings is 1. The fraction of sp³-hybridized carbons (Fsp3) is 0.375. The summed E-state index contributed by atoms with van der Waals surface area (Å²) in [5, 5.41) is 16.2. The molecule has 124 valence electrons. The lowest BCUT2D eigenvalue weighted by atomic mass is 10.1. The summed E-state index contributed by atoms with van der Waals surface area (Å²) < 4.78 is 9.71. The lowest BCUT2D eigenvalue weighted by molar-refractivity contribution is 0.00125. The van der Waals surface area contributed by atoms with E-state index in [4.69, 9.17) is 4.74 Å². The summed E-state index contributed by atoms with van der Waals surface area (Å²) in [6.07, 6.45) is 7.48. The fourth-order valence-corrected chi connectivity index (χ4v) is 2.86. The highest BCUT2D eigenvalue weighted by Gasteiger charge is 2.24. The average Bonchev–Trinajstić information content (AvgIpc) is 3.21. The molecule has 0 bridgehead atoms. The molecule has 0 aromatic carbocycles. The SMILES string of the molecule is Cn1cc(CNCC2Cn3nnc(-c4ccncc4)c3CO2)cn1. The normalized spacial score (nSPS) is 17.0. The summed E-state index contributed by atoms with van der Waals surface area (Å²) in [4.78, 5) is 4.04. The Morgan fingerprint density at radius 2 is 2.21 bits per heavy atom. The van der Waals surface area contributed by atoms with Gasteiger partial charge in [-0.25, -0.2) is 4.68 Å². The van der Waals surface area contributed by atoms with Crippen LogP contribution in [0.15, 0.2) is 36.9 Å². The molecule has 3 aromatic heterocycles. The largest absolute Gasteiger partial charge is 0.369 e. The zero-order valence-electron chi connectivity index (χ0n) is 13.5. The third kappa shape index (κ3) is 3.06. The van der Waals surface area contributed by atoms with Crippen molar-refractivity contribution in [1.82, 2.24) is 35.1 Å². The van der Waals surface area contributed by atoms with Crippen molar-refractivity contribution >= 4 is 0 Å². The molecule has 0 spiro atoms. The van der Waals surface area contributed by atoms with Crippen molar-refractivity contribution in [2.75, 3.05) is 6.54 Å². The highest BCUT2D eigenvalue weighted by molar-refractivity contribution is 5.60. The van der Waals surface area contributed by atoms with Gasteiger partial charge in [-0.1, -0.05) is 5.21 Å². The van der Waals surface area contributed by atoms with Gasteiger partial charge in [0, 0.05) is 49.9 Å². The predicted octanol–water partition coefficient (Wildman–Crippen LogP) is 0.762. The first-order valence-electron chi connectivity index (χ1n) is 7.92. The number of nitrogens with zero attached hydrogens (tertiary/aromatic N) is 6. The Morgan fingerprint density at radius 3 is 3.00 bits per heavy atom. The molecule has 8 nitrogen and oxygen atoms in total. The molecule has 1 atom stereocenters. The third-order valence-corrected chi connectivity index (χ3v) is 4.08. The van der Waals surface area contributed by atoms with Gasteiger partial charge in [-0.3, -0.25) is 9.67 Å². The first-order valence-corrected chi connectivity index (χ1v) is 7.92. The molecule has 0 fully saturated rings. The Hall–Kier alpha value is -2.58. The third-order valence-electron chi connectivity index (χ3n) is 4.08. The molecule has 1 aliphatic heterocycles. The van der Waals surface area contributed by atoms with E-state index in [0.717, 1.165) is 35.6 Å². The Labute approximate surface area is 139 Å². The van der Waals surface area contributed by atoms with Gasteiger partial charge in [0.05, 0.1) is 31.1 Å². The van der Waals surface area contributed by atoms with Crippen molar-refractivity contribution < 1.29 is 4.74 Å². The maximum Gasteiger partial charge on any atom is 0.118 e. The minimum Gasteiger partial charge on any atom is -0.369 e. The Balaban J connectivity index is 1.37. The van der Waals surface area contributed by atoms with E-state index >= 15 is 0 Å². The Kier molecular flexibility index (Phi) is 4.06. The summed E-state index contributed by atoms with van der Waals surface area (Å²) in [6, 6.07) is 3.87. The van der Waals surface area contributed by atoms with Gasteiger partial charge >= 0.3 is 0 Å². The predicted molar refractivity (Wildman–Crippen MR) is 86.7 cm³/mol. The molecular weight excluding hydrogens is 306 g/mol. The van der Waals surface area contributed by atoms with Crippen LogP contribution in [-0.2, 0) is 31.5 Å². The van der Waals surface area contributed by atoms with E-state index in [1.165, 1.54) is 0 Å². The second-order valence-electron chi connectivity index (χ2n) is 5.89. The smallest absolute Gasteiger partial charge is 0.118 e. The molecule has 0 saturated heterocycles. The molecule has 4 heterocycles. The van der Waals surface area contributed by atoms with E-state index in [-0.39, 0.29) is 6.10 Å². The van der Waals surface area contributed by atoms with Crippen LogP contribution in [0.25, 0.3) is 11.3 Å². The van der Waals surface area contributed by atoms with Crippen LogP contribution in [-0.4, -0.2) is 42.4 Å². The van der Waals surface area contributed by atoms with Gasteiger partial charge in [-0.2, -0.15) is 5.10 Å². The molecule has 8 heteroatoms. The van der Waals surface area contributed by atoms with Crippen molar-refractivity contribution in [1.29, 1.82) is 0 Å². The van der Waals surface area contributed by atoms with E-state index in [9.17, 15) is 0 Å². The molecule has 1 aliphatic rings. The molecule has 0 radical (unpaired) electrons. The van der Waals surface area contributed by atoms with Crippen LogP contribution < -0.4 is 5.32 Å². The monoisotopic (exact) mass is 325 g/mol. The van der Waals surface area contributed by atoms with Crippen LogP contribution in [0.2, 0.25) is 0 Å². The second kappa shape index (κ2) is 6.50. The number of aromatic nitrogens is 6. The standard InChI is InChI=1S/C16H19N7O/c1-22-9-12(7-19-22)6-18-8-14-10-23-15(11-24-14)16(20-21-23)13-2-4-17-5-3-13/h2-5,7,9,14,18H,6,8,10-11H2,1H3. The number of fused-ring (bicyclic) bond motifs is 1. The summed E-state index contributed by atoms with van der Waals surface area (Å²) >= 11 is 0. The van der Waals surface area contributed by atoms with Crippen LogP contribution in [0.5, 0.6) is 0 Å². The lowest BCUT2D eigenvalue weighted by Gasteiger charge is -2.24. The van der Waals surface area contributed by atoms with Crippen molar-refractivity contribution in [2.24, 2.45) is 7.05 Å². The molecule has 0 saturated carbocycles. The van der Waals surface area contributed by atoms with Crippen LogP contribution >= 0.6 is 0 Å². The van der Waals surface area contributed by atoms with Crippen molar-refractivity contribution in [3.05, 3.63) is 48.2 Å². The van der Waals surface area contributed by atoms with Crippen molar-refractivity contribution in [3.8, 4) is 11.3 Å². The molecule has 0 aliphatic carbocycles. The van der Waals surface area contributed by atoms with E-state index in [0.29, 0.717) is 13.2 Å². The lowest BCUT2D eigenvalue weighted by Crippen LogP contribution is -2.36. The van der Waals surface area contributed by atoms with E-state index in [1.807, 2.05) is 36.3 Å². The first kappa shape index (κ1) is 15.0. The van der Waals surface area contributed by atoms with Gasteiger partial charge in [-0.05, 0) is 12.1 Å². The van der Waals surface area contributed by atoms with Gasteiger partial charge in [0.25, 0.3) is 0 Å².